The van der Waals surface area contributed by atoms with E-state index in [9.17, 15) is 14.0 Å². The summed E-state index contributed by atoms with van der Waals surface area (Å²) in [5.41, 5.74) is 3.09. The fourth-order valence-electron chi connectivity index (χ4n) is 2.53. The Morgan fingerprint density at radius 1 is 0.889 bits per heavy atom. The molecule has 136 valence electrons. The van der Waals surface area contributed by atoms with Crippen LogP contribution in [0.5, 0.6) is 0 Å². The van der Waals surface area contributed by atoms with Crippen LogP contribution < -0.4 is 10.6 Å². The number of benzene rings is 2. The Morgan fingerprint density at radius 3 is 2.37 bits per heavy atom. The molecule has 1 aromatic heterocycles. The van der Waals surface area contributed by atoms with Crippen LogP contribution in [-0.2, 0) is 0 Å². The first-order chi connectivity index (χ1) is 13.0. The monoisotopic (exact) mass is 363 g/mol. The minimum absolute atomic E-state index is 0.0202. The zero-order valence-electron chi connectivity index (χ0n) is 14.9. The van der Waals surface area contributed by atoms with E-state index in [1.54, 1.807) is 6.07 Å². The van der Waals surface area contributed by atoms with Gasteiger partial charge in [-0.2, -0.15) is 0 Å². The maximum absolute atomic E-state index is 13.7. The molecule has 3 aromatic rings. The smallest absolute Gasteiger partial charge is 0.274 e. The molecule has 2 aromatic carbocycles. The molecular formula is C21H18FN3O2. The van der Waals surface area contributed by atoms with Gasteiger partial charge in [0.2, 0.25) is 0 Å². The van der Waals surface area contributed by atoms with E-state index < -0.39 is 11.7 Å². The normalized spacial score (nSPS) is 10.3. The number of anilines is 2. The summed E-state index contributed by atoms with van der Waals surface area (Å²) in [6.45, 7) is 3.88. The molecular weight excluding hydrogens is 345 g/mol. The Hall–Kier alpha value is -3.54. The number of para-hydroxylation sites is 1. The van der Waals surface area contributed by atoms with Crippen LogP contribution in [0.4, 0.5) is 15.8 Å². The van der Waals surface area contributed by atoms with Crippen LogP contribution in [-0.4, -0.2) is 16.8 Å². The van der Waals surface area contributed by atoms with Crippen LogP contribution in [0.3, 0.4) is 0 Å². The molecule has 5 nitrogen and oxygen atoms in total. The van der Waals surface area contributed by atoms with Crippen molar-refractivity contribution in [2.75, 3.05) is 10.6 Å². The summed E-state index contributed by atoms with van der Waals surface area (Å²) in [5, 5.41) is 5.28. The molecule has 1 heterocycles. The van der Waals surface area contributed by atoms with Gasteiger partial charge in [0.1, 0.15) is 11.5 Å². The van der Waals surface area contributed by atoms with Crippen molar-refractivity contribution in [3.63, 3.8) is 0 Å². The minimum atomic E-state index is -0.596. The van der Waals surface area contributed by atoms with E-state index >= 15 is 0 Å². The first kappa shape index (κ1) is 18.3. The number of aryl methyl sites for hydroxylation is 1. The van der Waals surface area contributed by atoms with Gasteiger partial charge in [-0.3, -0.25) is 14.6 Å². The summed E-state index contributed by atoms with van der Waals surface area (Å²) in [6, 6.07) is 14.4. The molecule has 0 radical (unpaired) electrons. The number of pyridine rings is 1. The molecule has 6 heteroatoms. The Kier molecular flexibility index (Phi) is 5.26. The Balaban J connectivity index is 1.78. The Morgan fingerprint density at radius 2 is 1.59 bits per heavy atom. The number of carbonyl (C=O) groups excluding carboxylic acids is 2. The van der Waals surface area contributed by atoms with E-state index in [2.05, 4.69) is 15.6 Å². The lowest BCUT2D eigenvalue weighted by Crippen LogP contribution is -2.17. The van der Waals surface area contributed by atoms with Crippen LogP contribution in [0.2, 0.25) is 0 Å². The first-order valence-corrected chi connectivity index (χ1v) is 8.35. The number of hydrogen-bond acceptors (Lipinski definition) is 3. The lowest BCUT2D eigenvalue weighted by atomic mass is 10.1. The molecule has 0 aliphatic heterocycles. The van der Waals surface area contributed by atoms with Gasteiger partial charge < -0.3 is 10.6 Å². The van der Waals surface area contributed by atoms with Crippen LogP contribution >= 0.6 is 0 Å². The number of nitrogens with one attached hydrogen (secondary N) is 2. The van der Waals surface area contributed by atoms with Gasteiger partial charge in [-0.25, -0.2) is 4.39 Å². The second-order valence-electron chi connectivity index (χ2n) is 6.07. The first-order valence-electron chi connectivity index (χ1n) is 8.35. The van der Waals surface area contributed by atoms with Crippen molar-refractivity contribution >= 4 is 23.2 Å². The molecule has 2 N–H and O–H groups in total. The number of carbonyl (C=O) groups is 2. The summed E-state index contributed by atoms with van der Waals surface area (Å²) in [7, 11) is 0. The molecule has 0 aliphatic carbocycles. The fourth-order valence-corrected chi connectivity index (χ4v) is 2.53. The van der Waals surface area contributed by atoms with Crippen molar-refractivity contribution in [3.05, 3.63) is 89.0 Å². The average Bonchev–Trinajstić information content (AvgIpc) is 2.67. The molecule has 0 saturated carbocycles. The quantitative estimate of drug-likeness (QED) is 0.724. The number of halogens is 1. The van der Waals surface area contributed by atoms with Gasteiger partial charge >= 0.3 is 0 Å². The highest BCUT2D eigenvalue weighted by Gasteiger charge is 2.14. The van der Waals surface area contributed by atoms with Gasteiger partial charge in [0.15, 0.2) is 0 Å². The molecule has 0 unspecified atom stereocenters. The summed E-state index contributed by atoms with van der Waals surface area (Å²) >= 11 is 0. The topological polar surface area (TPSA) is 71.1 Å². The van der Waals surface area contributed by atoms with Crippen LogP contribution in [0.25, 0.3) is 0 Å². The summed E-state index contributed by atoms with van der Waals surface area (Å²) < 4.78 is 13.7. The van der Waals surface area contributed by atoms with Crippen molar-refractivity contribution in [3.8, 4) is 0 Å². The highest BCUT2D eigenvalue weighted by atomic mass is 19.1. The largest absolute Gasteiger partial charge is 0.322 e. The predicted octanol–water partition coefficient (Wildman–Crippen LogP) is 4.34. The zero-order chi connectivity index (χ0) is 19.4. The van der Waals surface area contributed by atoms with Crippen molar-refractivity contribution in [2.24, 2.45) is 0 Å². The van der Waals surface area contributed by atoms with Crippen molar-refractivity contribution < 1.29 is 14.0 Å². The standard InChI is InChI=1S/C21H18FN3O2/c1-13-6-5-9-17(14(13)2)24-20(26)15-10-11-23-19(12-15)21(27)25-18-8-4-3-7-16(18)22/h3-12H,1-2H3,(H,24,26)(H,25,27). The van der Waals surface area contributed by atoms with Crippen molar-refractivity contribution in [2.45, 2.75) is 13.8 Å². The fraction of sp³-hybridized carbons (Fsp3) is 0.0952. The maximum Gasteiger partial charge on any atom is 0.274 e. The third kappa shape index (κ3) is 4.17. The number of nitrogens with zero attached hydrogens (tertiary/aromatic N) is 1. The van der Waals surface area contributed by atoms with E-state index in [4.69, 9.17) is 0 Å². The Bertz CT molecular complexity index is 1020. The summed E-state index contributed by atoms with van der Waals surface area (Å²) in [5.74, 6) is -1.50. The van der Waals surface area contributed by atoms with Gasteiger partial charge in [0.05, 0.1) is 5.69 Å². The lowest BCUT2D eigenvalue weighted by molar-refractivity contribution is 0.102. The summed E-state index contributed by atoms with van der Waals surface area (Å²) in [6.07, 6.45) is 1.37. The molecule has 0 saturated heterocycles. The third-order valence-corrected chi connectivity index (χ3v) is 4.23. The van der Waals surface area contributed by atoms with E-state index in [1.165, 1.54) is 36.5 Å². The molecule has 0 spiro atoms. The summed E-state index contributed by atoms with van der Waals surface area (Å²) in [4.78, 5) is 28.8. The van der Waals surface area contributed by atoms with Gasteiger partial charge in [-0.05, 0) is 55.3 Å². The van der Waals surface area contributed by atoms with Gasteiger partial charge in [-0.1, -0.05) is 24.3 Å². The van der Waals surface area contributed by atoms with E-state index in [1.807, 2.05) is 32.0 Å². The number of rotatable bonds is 4. The van der Waals surface area contributed by atoms with E-state index in [0.29, 0.717) is 5.69 Å². The zero-order valence-corrected chi connectivity index (χ0v) is 14.9. The number of aromatic nitrogens is 1. The van der Waals surface area contributed by atoms with E-state index in [-0.39, 0.29) is 22.9 Å². The van der Waals surface area contributed by atoms with Crippen molar-refractivity contribution in [1.82, 2.24) is 4.98 Å². The lowest BCUT2D eigenvalue weighted by Gasteiger charge is -2.11. The molecule has 0 aliphatic rings. The maximum atomic E-state index is 13.7. The Labute approximate surface area is 156 Å². The third-order valence-electron chi connectivity index (χ3n) is 4.23. The molecule has 3 rings (SSSR count). The second kappa shape index (κ2) is 7.78. The predicted molar refractivity (Wildman–Crippen MR) is 102 cm³/mol. The van der Waals surface area contributed by atoms with Crippen LogP contribution in [0.15, 0.2) is 60.8 Å². The SMILES string of the molecule is Cc1cccc(NC(=O)c2ccnc(C(=O)Nc3ccccc3F)c2)c1C. The van der Waals surface area contributed by atoms with Gasteiger partial charge in [0, 0.05) is 17.4 Å². The van der Waals surface area contributed by atoms with E-state index in [0.717, 1.165) is 11.1 Å². The molecule has 0 fully saturated rings. The molecule has 0 bridgehead atoms. The van der Waals surface area contributed by atoms with Crippen molar-refractivity contribution in [1.29, 1.82) is 0 Å². The highest BCUT2D eigenvalue weighted by molar-refractivity contribution is 6.08. The van der Waals surface area contributed by atoms with Crippen LogP contribution in [0.1, 0.15) is 32.0 Å². The number of amides is 2. The highest BCUT2D eigenvalue weighted by Crippen LogP contribution is 2.19. The average molecular weight is 363 g/mol. The van der Waals surface area contributed by atoms with Gasteiger partial charge in [-0.15, -0.1) is 0 Å². The molecule has 0 atom stereocenters. The van der Waals surface area contributed by atoms with Crippen LogP contribution in [0, 0.1) is 19.7 Å². The van der Waals surface area contributed by atoms with Gasteiger partial charge in [0.25, 0.3) is 11.8 Å². The minimum Gasteiger partial charge on any atom is -0.322 e. The molecule has 27 heavy (non-hydrogen) atoms. The second-order valence-corrected chi connectivity index (χ2v) is 6.07. The molecule has 2 amide bonds. The number of hydrogen-bond donors (Lipinski definition) is 2.